The minimum absolute atomic E-state index is 0.196. The van der Waals surface area contributed by atoms with Gasteiger partial charge in [0.1, 0.15) is 17.3 Å². The first-order chi connectivity index (χ1) is 14.1. The van der Waals surface area contributed by atoms with Crippen LogP contribution >= 0.6 is 0 Å². The van der Waals surface area contributed by atoms with Gasteiger partial charge in [0.05, 0.1) is 19.3 Å². The molecule has 1 amide bonds. The minimum atomic E-state index is -0.300. The maximum absolute atomic E-state index is 12.6. The number of para-hydroxylation sites is 1. The van der Waals surface area contributed by atoms with Gasteiger partial charge in [0.2, 0.25) is 0 Å². The monoisotopic (exact) mass is 388 g/mol. The highest BCUT2D eigenvalue weighted by atomic mass is 16.5. The third-order valence-electron chi connectivity index (χ3n) is 4.51. The second kappa shape index (κ2) is 8.06. The lowest BCUT2D eigenvalue weighted by molar-refractivity contribution is 0.0935. The molecule has 146 valence electrons. The van der Waals surface area contributed by atoms with E-state index in [2.05, 4.69) is 10.3 Å². The summed E-state index contributed by atoms with van der Waals surface area (Å²) in [6, 6.07) is 17.8. The van der Waals surface area contributed by atoms with E-state index in [1.165, 1.54) is 0 Å². The summed E-state index contributed by atoms with van der Waals surface area (Å²) in [4.78, 5) is 16.6. The van der Waals surface area contributed by atoms with Crippen molar-refractivity contribution in [3.63, 3.8) is 0 Å². The zero-order valence-corrected chi connectivity index (χ0v) is 16.1. The Kier molecular flexibility index (Phi) is 5.16. The largest absolute Gasteiger partial charge is 0.493 e. The Morgan fingerprint density at radius 2 is 1.90 bits per heavy atom. The van der Waals surface area contributed by atoms with Gasteiger partial charge in [-0.25, -0.2) is 0 Å². The van der Waals surface area contributed by atoms with Crippen molar-refractivity contribution in [2.75, 3.05) is 7.11 Å². The van der Waals surface area contributed by atoms with E-state index in [-0.39, 0.29) is 11.9 Å². The van der Waals surface area contributed by atoms with Gasteiger partial charge < -0.3 is 19.2 Å². The van der Waals surface area contributed by atoms with Gasteiger partial charge in [-0.05, 0) is 55.5 Å². The van der Waals surface area contributed by atoms with Crippen LogP contribution in [0.3, 0.4) is 0 Å². The summed E-state index contributed by atoms with van der Waals surface area (Å²) in [5.74, 6) is 2.40. The van der Waals surface area contributed by atoms with Crippen LogP contribution in [0.2, 0.25) is 0 Å². The second-order valence-corrected chi connectivity index (χ2v) is 6.54. The Balaban J connectivity index is 1.45. The number of hydrogen-bond acceptors (Lipinski definition) is 5. The van der Waals surface area contributed by atoms with Crippen molar-refractivity contribution in [1.82, 2.24) is 10.3 Å². The molecule has 2 aromatic carbocycles. The molecule has 0 aliphatic rings. The summed E-state index contributed by atoms with van der Waals surface area (Å²) in [6.45, 7) is 1.88. The van der Waals surface area contributed by atoms with E-state index in [9.17, 15) is 4.79 Å². The lowest BCUT2D eigenvalue weighted by atomic mass is 10.1. The standard InChI is InChI=1S/C23H20N2O4/c1-15(21-13-17-5-3-7-20(27-2)22(17)29-21)25-23(26)16-8-10-18(11-9-16)28-19-6-4-12-24-14-19/h3-15H,1-2H3,(H,25,26). The predicted molar refractivity (Wildman–Crippen MR) is 109 cm³/mol. The number of fused-ring (bicyclic) bond motifs is 1. The fourth-order valence-corrected chi connectivity index (χ4v) is 3.00. The van der Waals surface area contributed by atoms with E-state index in [0.717, 1.165) is 5.39 Å². The minimum Gasteiger partial charge on any atom is -0.493 e. The molecule has 2 heterocycles. The van der Waals surface area contributed by atoms with Crippen molar-refractivity contribution in [2.24, 2.45) is 0 Å². The maximum atomic E-state index is 12.6. The number of pyridine rings is 1. The van der Waals surface area contributed by atoms with Gasteiger partial charge >= 0.3 is 0 Å². The summed E-state index contributed by atoms with van der Waals surface area (Å²) >= 11 is 0. The van der Waals surface area contributed by atoms with Crippen LogP contribution in [0, 0.1) is 0 Å². The van der Waals surface area contributed by atoms with E-state index < -0.39 is 0 Å². The molecule has 2 aromatic heterocycles. The highest BCUT2D eigenvalue weighted by Crippen LogP contribution is 2.31. The van der Waals surface area contributed by atoms with Crippen LogP contribution in [0.25, 0.3) is 11.0 Å². The molecule has 6 nitrogen and oxygen atoms in total. The molecule has 1 unspecified atom stereocenters. The van der Waals surface area contributed by atoms with Crippen molar-refractivity contribution < 1.29 is 18.7 Å². The average molecular weight is 388 g/mol. The zero-order chi connectivity index (χ0) is 20.2. The summed E-state index contributed by atoms with van der Waals surface area (Å²) in [5, 5.41) is 3.88. The lowest BCUT2D eigenvalue weighted by Crippen LogP contribution is -2.26. The Morgan fingerprint density at radius 3 is 2.62 bits per heavy atom. The number of rotatable bonds is 6. The second-order valence-electron chi connectivity index (χ2n) is 6.54. The molecular formula is C23H20N2O4. The van der Waals surface area contributed by atoms with Crippen molar-refractivity contribution in [1.29, 1.82) is 0 Å². The van der Waals surface area contributed by atoms with E-state index >= 15 is 0 Å². The fourth-order valence-electron chi connectivity index (χ4n) is 3.00. The molecule has 4 rings (SSSR count). The molecule has 0 fully saturated rings. The van der Waals surface area contributed by atoms with Gasteiger partial charge in [-0.3, -0.25) is 9.78 Å². The fraction of sp³-hybridized carbons (Fsp3) is 0.130. The Hall–Kier alpha value is -3.80. The molecule has 0 spiro atoms. The number of hydrogen-bond donors (Lipinski definition) is 1. The number of benzene rings is 2. The molecule has 1 atom stereocenters. The average Bonchev–Trinajstić information content (AvgIpc) is 3.19. The molecule has 4 aromatic rings. The Bertz CT molecular complexity index is 1120. The van der Waals surface area contributed by atoms with E-state index in [1.54, 1.807) is 49.8 Å². The summed E-state index contributed by atoms with van der Waals surface area (Å²) in [6.07, 6.45) is 3.31. The molecule has 0 radical (unpaired) electrons. The molecule has 0 aliphatic carbocycles. The number of furan rings is 1. The van der Waals surface area contributed by atoms with Gasteiger partial charge in [0.25, 0.3) is 5.91 Å². The highest BCUT2D eigenvalue weighted by Gasteiger charge is 2.17. The van der Waals surface area contributed by atoms with Crippen molar-refractivity contribution in [3.8, 4) is 17.2 Å². The van der Waals surface area contributed by atoms with Crippen LogP contribution in [-0.4, -0.2) is 18.0 Å². The molecule has 1 N–H and O–H groups in total. The third kappa shape index (κ3) is 4.06. The molecule has 0 bridgehead atoms. The third-order valence-corrected chi connectivity index (χ3v) is 4.51. The number of methoxy groups -OCH3 is 1. The van der Waals surface area contributed by atoms with Crippen LogP contribution in [0.1, 0.15) is 29.1 Å². The van der Waals surface area contributed by atoms with Crippen molar-refractivity contribution in [3.05, 3.63) is 84.4 Å². The number of amides is 1. The van der Waals surface area contributed by atoms with Crippen LogP contribution in [0.5, 0.6) is 17.2 Å². The molecule has 0 saturated heterocycles. The molecule has 6 heteroatoms. The Labute approximate surface area is 168 Å². The number of carbonyl (C=O) groups excluding carboxylic acids is 1. The normalized spacial score (nSPS) is 11.8. The smallest absolute Gasteiger partial charge is 0.251 e. The number of nitrogens with zero attached hydrogens (tertiary/aromatic N) is 1. The number of aromatic nitrogens is 1. The number of ether oxygens (including phenoxy) is 2. The topological polar surface area (TPSA) is 73.6 Å². The quantitative estimate of drug-likeness (QED) is 0.496. The summed E-state index contributed by atoms with van der Waals surface area (Å²) in [5.41, 5.74) is 1.20. The Morgan fingerprint density at radius 1 is 1.07 bits per heavy atom. The lowest BCUT2D eigenvalue weighted by Gasteiger charge is -2.12. The van der Waals surface area contributed by atoms with E-state index in [1.807, 2.05) is 37.3 Å². The molecule has 29 heavy (non-hydrogen) atoms. The summed E-state index contributed by atoms with van der Waals surface area (Å²) in [7, 11) is 1.60. The molecule has 0 aliphatic heterocycles. The van der Waals surface area contributed by atoms with Gasteiger partial charge in [-0.1, -0.05) is 12.1 Å². The van der Waals surface area contributed by atoms with Gasteiger partial charge in [0.15, 0.2) is 11.3 Å². The number of nitrogens with one attached hydrogen (secondary N) is 1. The zero-order valence-electron chi connectivity index (χ0n) is 16.1. The summed E-state index contributed by atoms with van der Waals surface area (Å²) < 4.78 is 16.9. The van der Waals surface area contributed by atoms with Gasteiger partial charge in [-0.2, -0.15) is 0 Å². The first-order valence-electron chi connectivity index (χ1n) is 9.19. The van der Waals surface area contributed by atoms with Crippen LogP contribution < -0.4 is 14.8 Å². The first kappa shape index (κ1) is 18.6. The molecular weight excluding hydrogens is 368 g/mol. The highest BCUT2D eigenvalue weighted by molar-refractivity contribution is 5.94. The van der Waals surface area contributed by atoms with Crippen LogP contribution in [0.4, 0.5) is 0 Å². The predicted octanol–water partition coefficient (Wildman–Crippen LogP) is 5.12. The SMILES string of the molecule is COc1cccc2cc(C(C)NC(=O)c3ccc(Oc4cccnc4)cc3)oc12. The van der Waals surface area contributed by atoms with Crippen molar-refractivity contribution >= 4 is 16.9 Å². The molecule has 0 saturated carbocycles. The van der Waals surface area contributed by atoms with Gasteiger partial charge in [0, 0.05) is 17.1 Å². The van der Waals surface area contributed by atoms with Crippen LogP contribution in [0.15, 0.2) is 77.5 Å². The van der Waals surface area contributed by atoms with E-state index in [4.69, 9.17) is 13.9 Å². The van der Waals surface area contributed by atoms with E-state index in [0.29, 0.717) is 34.2 Å². The van der Waals surface area contributed by atoms with Crippen LogP contribution in [-0.2, 0) is 0 Å². The maximum Gasteiger partial charge on any atom is 0.251 e. The van der Waals surface area contributed by atoms with Gasteiger partial charge in [-0.15, -0.1) is 0 Å². The van der Waals surface area contributed by atoms with Crippen molar-refractivity contribution in [2.45, 2.75) is 13.0 Å². The first-order valence-corrected chi connectivity index (χ1v) is 9.19. The number of carbonyl (C=O) groups is 1.